The SMILES string of the molecule is CCCCCCN(C(=O)C(CC(C)C)NC(=O)OC(C)(C)C)C(C(=O)NCCCC)c1ccc(O)cc1. The fraction of sp³-hybridized carbons (Fsp3) is 0.690. The normalized spacial score (nSPS) is 13.1. The number of carbonyl (C=O) groups excluding carboxylic acids is 3. The fourth-order valence-electron chi connectivity index (χ4n) is 4.03. The lowest BCUT2D eigenvalue weighted by atomic mass is 9.98. The van der Waals surface area contributed by atoms with Gasteiger partial charge in [-0.2, -0.15) is 0 Å². The van der Waals surface area contributed by atoms with Gasteiger partial charge in [-0.15, -0.1) is 0 Å². The molecule has 1 aromatic rings. The van der Waals surface area contributed by atoms with E-state index in [1.165, 1.54) is 12.1 Å². The van der Waals surface area contributed by atoms with Crippen LogP contribution in [0.2, 0.25) is 0 Å². The summed E-state index contributed by atoms with van der Waals surface area (Å²) in [4.78, 5) is 41.8. The minimum Gasteiger partial charge on any atom is -0.508 e. The highest BCUT2D eigenvalue weighted by molar-refractivity contribution is 5.92. The van der Waals surface area contributed by atoms with Crippen molar-refractivity contribution >= 4 is 17.9 Å². The van der Waals surface area contributed by atoms with Crippen molar-refractivity contribution in [3.05, 3.63) is 29.8 Å². The molecule has 1 aromatic carbocycles. The standard InChI is InChI=1S/C29H49N3O5/c1-8-10-12-13-19-32(27(35)24(20-21(3)4)31-28(36)37-29(5,6)7)25(26(34)30-18-11-9-2)22-14-16-23(33)17-15-22/h14-17,21,24-25,33H,8-13,18-20H2,1-7H3,(H,30,34)(H,31,36). The summed E-state index contributed by atoms with van der Waals surface area (Å²) < 4.78 is 5.44. The highest BCUT2D eigenvalue weighted by Crippen LogP contribution is 2.26. The molecule has 3 N–H and O–H groups in total. The molecule has 210 valence electrons. The van der Waals surface area contributed by atoms with Crippen LogP contribution in [0.5, 0.6) is 5.75 Å². The molecule has 2 atom stereocenters. The lowest BCUT2D eigenvalue weighted by Gasteiger charge is -2.35. The van der Waals surface area contributed by atoms with Gasteiger partial charge in [-0.25, -0.2) is 4.79 Å². The number of nitrogens with one attached hydrogen (secondary N) is 2. The number of carbonyl (C=O) groups is 3. The van der Waals surface area contributed by atoms with E-state index in [4.69, 9.17) is 4.74 Å². The van der Waals surface area contributed by atoms with Crippen LogP contribution in [0.1, 0.15) is 105 Å². The van der Waals surface area contributed by atoms with E-state index in [0.29, 0.717) is 25.1 Å². The van der Waals surface area contributed by atoms with Crippen molar-refractivity contribution in [2.24, 2.45) is 5.92 Å². The van der Waals surface area contributed by atoms with E-state index in [0.717, 1.165) is 38.5 Å². The summed E-state index contributed by atoms with van der Waals surface area (Å²) in [5, 5.41) is 15.6. The summed E-state index contributed by atoms with van der Waals surface area (Å²) in [5.74, 6) is -0.390. The van der Waals surface area contributed by atoms with Gasteiger partial charge in [-0.1, -0.05) is 65.5 Å². The number of rotatable bonds is 15. The minimum atomic E-state index is -0.887. The molecular weight excluding hydrogens is 470 g/mol. The van der Waals surface area contributed by atoms with Gasteiger partial charge < -0.3 is 25.4 Å². The van der Waals surface area contributed by atoms with Crippen LogP contribution in [0.4, 0.5) is 4.79 Å². The first-order valence-corrected chi connectivity index (χ1v) is 13.8. The second-order valence-corrected chi connectivity index (χ2v) is 11.1. The molecule has 0 radical (unpaired) electrons. The minimum absolute atomic E-state index is 0.0824. The number of nitrogens with zero attached hydrogens (tertiary/aromatic N) is 1. The van der Waals surface area contributed by atoms with Gasteiger partial charge in [0.15, 0.2) is 0 Å². The summed E-state index contributed by atoms with van der Waals surface area (Å²) >= 11 is 0. The Morgan fingerprint density at radius 2 is 1.59 bits per heavy atom. The van der Waals surface area contributed by atoms with E-state index >= 15 is 0 Å². The maximum atomic E-state index is 14.1. The van der Waals surface area contributed by atoms with Crippen LogP contribution < -0.4 is 10.6 Å². The topological polar surface area (TPSA) is 108 Å². The molecule has 0 saturated heterocycles. The average molecular weight is 520 g/mol. The molecular formula is C29H49N3O5. The summed E-state index contributed by atoms with van der Waals surface area (Å²) in [5.41, 5.74) is -0.0977. The van der Waals surface area contributed by atoms with E-state index in [9.17, 15) is 19.5 Å². The number of hydrogen-bond donors (Lipinski definition) is 3. The molecule has 0 spiro atoms. The number of benzene rings is 1. The lowest BCUT2D eigenvalue weighted by Crippen LogP contribution is -2.53. The molecule has 3 amide bonds. The second kappa shape index (κ2) is 16.2. The number of phenols is 1. The van der Waals surface area contributed by atoms with Crippen LogP contribution in [0, 0.1) is 5.92 Å². The zero-order valence-electron chi connectivity index (χ0n) is 23.9. The van der Waals surface area contributed by atoms with Crippen molar-refractivity contribution in [1.82, 2.24) is 15.5 Å². The van der Waals surface area contributed by atoms with Gasteiger partial charge in [-0.3, -0.25) is 9.59 Å². The zero-order valence-corrected chi connectivity index (χ0v) is 23.9. The molecule has 0 fully saturated rings. The lowest BCUT2D eigenvalue weighted by molar-refractivity contribution is -0.143. The van der Waals surface area contributed by atoms with Crippen LogP contribution in [0.3, 0.4) is 0 Å². The van der Waals surface area contributed by atoms with Gasteiger partial charge in [0.1, 0.15) is 23.4 Å². The molecule has 0 bridgehead atoms. The van der Waals surface area contributed by atoms with E-state index in [-0.39, 0.29) is 23.5 Å². The Labute approximate surface area is 223 Å². The van der Waals surface area contributed by atoms with Crippen molar-refractivity contribution in [2.75, 3.05) is 13.1 Å². The van der Waals surface area contributed by atoms with Gasteiger partial charge in [-0.05, 0) is 63.6 Å². The number of amides is 3. The van der Waals surface area contributed by atoms with Crippen LogP contribution in [0.15, 0.2) is 24.3 Å². The number of ether oxygens (including phenoxy) is 1. The molecule has 8 nitrogen and oxygen atoms in total. The molecule has 0 heterocycles. The molecule has 2 unspecified atom stereocenters. The molecule has 0 aromatic heterocycles. The van der Waals surface area contributed by atoms with Crippen LogP contribution in [0.25, 0.3) is 0 Å². The third-order valence-corrected chi connectivity index (χ3v) is 5.83. The fourth-order valence-corrected chi connectivity index (χ4v) is 4.03. The van der Waals surface area contributed by atoms with E-state index < -0.39 is 23.8 Å². The van der Waals surface area contributed by atoms with Crippen LogP contribution in [-0.4, -0.2) is 52.6 Å². The zero-order chi connectivity index (χ0) is 28.0. The predicted octanol–water partition coefficient (Wildman–Crippen LogP) is 5.70. The van der Waals surface area contributed by atoms with Crippen molar-refractivity contribution in [1.29, 1.82) is 0 Å². The van der Waals surface area contributed by atoms with Gasteiger partial charge in [0.2, 0.25) is 11.8 Å². The summed E-state index contributed by atoms with van der Waals surface area (Å²) in [6.45, 7) is 14.3. The maximum Gasteiger partial charge on any atom is 0.408 e. The predicted molar refractivity (Wildman–Crippen MR) is 147 cm³/mol. The van der Waals surface area contributed by atoms with Crippen molar-refractivity contribution in [3.63, 3.8) is 0 Å². The second-order valence-electron chi connectivity index (χ2n) is 11.1. The molecule has 0 aliphatic carbocycles. The Morgan fingerprint density at radius 1 is 0.973 bits per heavy atom. The Morgan fingerprint density at radius 3 is 2.14 bits per heavy atom. The number of unbranched alkanes of at least 4 members (excludes halogenated alkanes) is 4. The molecule has 8 heteroatoms. The third kappa shape index (κ3) is 12.3. The van der Waals surface area contributed by atoms with Crippen LogP contribution in [-0.2, 0) is 14.3 Å². The van der Waals surface area contributed by atoms with E-state index in [1.807, 2.05) is 20.8 Å². The Bertz CT molecular complexity index is 833. The van der Waals surface area contributed by atoms with Crippen LogP contribution >= 0.6 is 0 Å². The highest BCUT2D eigenvalue weighted by atomic mass is 16.6. The first kappa shape index (κ1) is 32.3. The third-order valence-electron chi connectivity index (χ3n) is 5.83. The Kier molecular flexibility index (Phi) is 14.1. The van der Waals surface area contributed by atoms with Gasteiger partial charge >= 0.3 is 6.09 Å². The maximum absolute atomic E-state index is 14.1. The van der Waals surface area contributed by atoms with E-state index in [2.05, 4.69) is 17.6 Å². The van der Waals surface area contributed by atoms with Crippen molar-refractivity contribution in [2.45, 2.75) is 111 Å². The van der Waals surface area contributed by atoms with Crippen molar-refractivity contribution in [3.8, 4) is 5.75 Å². The molecule has 0 saturated carbocycles. The first-order valence-electron chi connectivity index (χ1n) is 13.8. The molecule has 0 aliphatic heterocycles. The first-order chi connectivity index (χ1) is 17.4. The number of hydrogen-bond acceptors (Lipinski definition) is 5. The Balaban J connectivity index is 3.42. The largest absolute Gasteiger partial charge is 0.508 e. The number of alkyl carbamates (subject to hydrolysis) is 1. The average Bonchev–Trinajstić information content (AvgIpc) is 2.79. The van der Waals surface area contributed by atoms with Crippen molar-refractivity contribution < 1.29 is 24.2 Å². The summed E-state index contributed by atoms with van der Waals surface area (Å²) in [6, 6.07) is 4.65. The summed E-state index contributed by atoms with van der Waals surface area (Å²) in [6.07, 6.45) is 5.23. The molecule has 0 aliphatic rings. The molecule has 1 rings (SSSR count). The highest BCUT2D eigenvalue weighted by Gasteiger charge is 2.36. The van der Waals surface area contributed by atoms with Gasteiger partial charge in [0.25, 0.3) is 0 Å². The Hall–Kier alpha value is -2.77. The summed E-state index contributed by atoms with van der Waals surface area (Å²) in [7, 11) is 0. The van der Waals surface area contributed by atoms with E-state index in [1.54, 1.807) is 37.8 Å². The monoisotopic (exact) mass is 519 g/mol. The molecule has 37 heavy (non-hydrogen) atoms. The number of aromatic hydroxyl groups is 1. The number of phenolic OH excluding ortho intramolecular Hbond substituents is 1. The van der Waals surface area contributed by atoms with Gasteiger partial charge in [0, 0.05) is 13.1 Å². The quantitative estimate of drug-likeness (QED) is 0.258. The smallest absolute Gasteiger partial charge is 0.408 e. The van der Waals surface area contributed by atoms with Gasteiger partial charge in [0.05, 0.1) is 0 Å².